The van der Waals surface area contributed by atoms with Gasteiger partial charge in [0.25, 0.3) is 0 Å². The fourth-order valence-corrected chi connectivity index (χ4v) is 2.07. The zero-order valence-corrected chi connectivity index (χ0v) is 9.69. The molecule has 1 heterocycles. The highest BCUT2D eigenvalue weighted by Crippen LogP contribution is 2.17. The maximum atomic E-state index is 11.5. The number of carboxylic acid groups (broad SMARTS) is 1. The highest BCUT2D eigenvalue weighted by atomic mass is 16.5. The van der Waals surface area contributed by atoms with Crippen molar-refractivity contribution in [3.05, 3.63) is 35.9 Å². The zero-order chi connectivity index (χ0) is 12.1. The lowest BCUT2D eigenvalue weighted by Crippen LogP contribution is -2.56. The molecule has 1 aromatic carbocycles. The Balaban J connectivity index is 2.19. The number of hydrogen-bond donors (Lipinski definition) is 2. The van der Waals surface area contributed by atoms with Crippen molar-refractivity contribution in [2.24, 2.45) is 0 Å². The van der Waals surface area contributed by atoms with Gasteiger partial charge in [0.15, 0.2) is 0 Å². The Hall–Kier alpha value is -1.39. The molecule has 0 aromatic heterocycles. The lowest BCUT2D eigenvalue weighted by Gasteiger charge is -2.28. The van der Waals surface area contributed by atoms with E-state index in [1.54, 1.807) is 0 Å². The second-order valence-corrected chi connectivity index (χ2v) is 4.38. The van der Waals surface area contributed by atoms with Gasteiger partial charge in [-0.15, -0.1) is 0 Å². The Morgan fingerprint density at radius 3 is 2.88 bits per heavy atom. The van der Waals surface area contributed by atoms with Crippen molar-refractivity contribution in [3.8, 4) is 0 Å². The molecule has 1 aliphatic heterocycles. The lowest BCUT2D eigenvalue weighted by atomic mass is 9.91. The van der Waals surface area contributed by atoms with Gasteiger partial charge in [-0.3, -0.25) is 10.1 Å². The maximum absolute atomic E-state index is 11.5. The highest BCUT2D eigenvalue weighted by Gasteiger charge is 2.39. The van der Waals surface area contributed by atoms with Crippen LogP contribution in [0.3, 0.4) is 0 Å². The summed E-state index contributed by atoms with van der Waals surface area (Å²) in [6.45, 7) is 1.52. The summed E-state index contributed by atoms with van der Waals surface area (Å²) in [5.41, 5.74) is 0.0191. The van der Waals surface area contributed by atoms with Crippen molar-refractivity contribution < 1.29 is 14.6 Å². The molecule has 4 heteroatoms. The third kappa shape index (κ3) is 2.84. The molecule has 1 unspecified atom stereocenters. The Labute approximate surface area is 101 Å². The molecule has 0 aliphatic carbocycles. The Morgan fingerprint density at radius 1 is 1.41 bits per heavy atom. The minimum absolute atomic E-state index is 0.219. The van der Waals surface area contributed by atoms with Gasteiger partial charge in [-0.05, 0) is 18.5 Å². The van der Waals surface area contributed by atoms with E-state index >= 15 is 0 Å². The summed E-state index contributed by atoms with van der Waals surface area (Å²) in [6.07, 6.45) is 1.30. The molecular formula is C13H17NO3. The minimum atomic E-state index is -0.988. The van der Waals surface area contributed by atoms with Crippen LogP contribution in [0.4, 0.5) is 0 Å². The number of rotatable bonds is 3. The Kier molecular flexibility index (Phi) is 3.76. The first kappa shape index (κ1) is 12.1. The normalized spacial score (nSPS) is 25.2. The van der Waals surface area contributed by atoms with Crippen LogP contribution < -0.4 is 5.32 Å². The van der Waals surface area contributed by atoms with E-state index in [1.807, 2.05) is 30.3 Å². The van der Waals surface area contributed by atoms with Crippen molar-refractivity contribution in [3.63, 3.8) is 0 Å². The average molecular weight is 235 g/mol. The number of ether oxygens (including phenoxy) is 1. The van der Waals surface area contributed by atoms with Gasteiger partial charge in [0, 0.05) is 13.0 Å². The summed E-state index contributed by atoms with van der Waals surface area (Å²) in [6, 6.07) is 9.65. The first-order chi connectivity index (χ1) is 8.23. The van der Waals surface area contributed by atoms with Gasteiger partial charge in [-0.1, -0.05) is 30.3 Å². The van der Waals surface area contributed by atoms with Gasteiger partial charge in [-0.2, -0.15) is 0 Å². The molecule has 0 bridgehead atoms. The summed E-state index contributed by atoms with van der Waals surface area (Å²) in [5, 5.41) is 12.6. The van der Waals surface area contributed by atoms with Crippen LogP contribution in [0.5, 0.6) is 0 Å². The van der Waals surface area contributed by atoms with Crippen LogP contribution in [0.25, 0.3) is 0 Å². The molecule has 0 spiro atoms. The van der Waals surface area contributed by atoms with Crippen molar-refractivity contribution >= 4 is 5.97 Å². The van der Waals surface area contributed by atoms with Crippen LogP contribution in [-0.4, -0.2) is 36.4 Å². The number of benzene rings is 1. The minimum Gasteiger partial charge on any atom is -0.480 e. The fraction of sp³-hybridized carbons (Fsp3) is 0.462. The van der Waals surface area contributed by atoms with Gasteiger partial charge >= 0.3 is 5.97 Å². The Bertz CT molecular complexity index is 370. The molecule has 92 valence electrons. The van der Waals surface area contributed by atoms with Gasteiger partial charge < -0.3 is 9.84 Å². The molecule has 2 N–H and O–H groups in total. The number of carbonyl (C=O) groups is 1. The SMILES string of the molecule is O=C(O)C1(Cc2ccccc2)COCCCN1. The largest absolute Gasteiger partial charge is 0.480 e. The fourth-order valence-electron chi connectivity index (χ4n) is 2.07. The summed E-state index contributed by atoms with van der Waals surface area (Å²) in [5.74, 6) is -0.844. The molecule has 1 aliphatic rings. The van der Waals surface area contributed by atoms with Crippen LogP contribution in [-0.2, 0) is 16.0 Å². The average Bonchev–Trinajstić information content (AvgIpc) is 2.57. The van der Waals surface area contributed by atoms with Gasteiger partial charge in [-0.25, -0.2) is 0 Å². The second kappa shape index (κ2) is 5.29. The summed E-state index contributed by atoms with van der Waals surface area (Å²) >= 11 is 0. The van der Waals surface area contributed by atoms with E-state index < -0.39 is 11.5 Å². The molecule has 4 nitrogen and oxygen atoms in total. The zero-order valence-electron chi connectivity index (χ0n) is 9.69. The first-order valence-corrected chi connectivity index (χ1v) is 5.83. The molecule has 0 saturated carbocycles. The van der Waals surface area contributed by atoms with Crippen molar-refractivity contribution in [1.29, 1.82) is 0 Å². The molecule has 1 fully saturated rings. The predicted molar refractivity (Wildman–Crippen MR) is 64.0 cm³/mol. The highest BCUT2D eigenvalue weighted by molar-refractivity contribution is 5.79. The van der Waals surface area contributed by atoms with Crippen molar-refractivity contribution in [2.75, 3.05) is 19.8 Å². The van der Waals surface area contributed by atoms with E-state index in [-0.39, 0.29) is 6.61 Å². The van der Waals surface area contributed by atoms with E-state index in [4.69, 9.17) is 4.74 Å². The molecule has 0 radical (unpaired) electrons. The predicted octanol–water partition coefficient (Wildman–Crippen LogP) is 1.06. The van der Waals surface area contributed by atoms with Gasteiger partial charge in [0.2, 0.25) is 0 Å². The van der Waals surface area contributed by atoms with Crippen LogP contribution in [0.15, 0.2) is 30.3 Å². The Morgan fingerprint density at radius 2 is 2.18 bits per heavy atom. The summed E-state index contributed by atoms with van der Waals surface area (Å²) in [4.78, 5) is 11.5. The smallest absolute Gasteiger partial charge is 0.326 e. The van der Waals surface area contributed by atoms with E-state index in [0.29, 0.717) is 19.6 Å². The van der Waals surface area contributed by atoms with Crippen LogP contribution >= 0.6 is 0 Å². The van der Waals surface area contributed by atoms with E-state index in [1.165, 1.54) is 0 Å². The molecule has 1 aromatic rings. The summed E-state index contributed by atoms with van der Waals surface area (Å²) in [7, 11) is 0. The monoisotopic (exact) mass is 235 g/mol. The van der Waals surface area contributed by atoms with Crippen LogP contribution in [0.1, 0.15) is 12.0 Å². The van der Waals surface area contributed by atoms with E-state index in [9.17, 15) is 9.90 Å². The van der Waals surface area contributed by atoms with Gasteiger partial charge in [0.1, 0.15) is 5.54 Å². The topological polar surface area (TPSA) is 58.6 Å². The lowest BCUT2D eigenvalue weighted by molar-refractivity contribution is -0.147. The molecule has 1 saturated heterocycles. The van der Waals surface area contributed by atoms with Crippen molar-refractivity contribution in [1.82, 2.24) is 5.32 Å². The van der Waals surface area contributed by atoms with Crippen LogP contribution in [0.2, 0.25) is 0 Å². The molecule has 1 atom stereocenters. The standard InChI is InChI=1S/C13H17NO3/c15-12(16)13(10-17-8-4-7-14-13)9-11-5-2-1-3-6-11/h1-3,5-6,14H,4,7-10H2,(H,15,16). The number of carboxylic acids is 1. The van der Waals surface area contributed by atoms with Gasteiger partial charge in [0.05, 0.1) is 6.61 Å². The molecule has 0 amide bonds. The van der Waals surface area contributed by atoms with E-state index in [0.717, 1.165) is 12.0 Å². The maximum Gasteiger partial charge on any atom is 0.326 e. The first-order valence-electron chi connectivity index (χ1n) is 5.83. The third-order valence-electron chi connectivity index (χ3n) is 3.04. The molecule has 17 heavy (non-hydrogen) atoms. The molecular weight excluding hydrogens is 218 g/mol. The second-order valence-electron chi connectivity index (χ2n) is 4.38. The number of nitrogens with one attached hydrogen (secondary N) is 1. The third-order valence-corrected chi connectivity index (χ3v) is 3.04. The number of aliphatic carboxylic acids is 1. The quantitative estimate of drug-likeness (QED) is 0.822. The van der Waals surface area contributed by atoms with Crippen molar-refractivity contribution in [2.45, 2.75) is 18.4 Å². The van der Waals surface area contributed by atoms with Crippen LogP contribution in [0, 0.1) is 0 Å². The molecule has 2 rings (SSSR count). The summed E-state index contributed by atoms with van der Waals surface area (Å²) < 4.78 is 5.40. The number of hydrogen-bond acceptors (Lipinski definition) is 3. The van der Waals surface area contributed by atoms with E-state index in [2.05, 4.69) is 5.32 Å².